The van der Waals surface area contributed by atoms with Gasteiger partial charge in [-0.3, -0.25) is 9.59 Å². The highest BCUT2D eigenvalue weighted by Crippen LogP contribution is 2.28. The summed E-state index contributed by atoms with van der Waals surface area (Å²) in [6, 6.07) is 8.39. The molecule has 1 fully saturated rings. The Morgan fingerprint density at radius 1 is 1.31 bits per heavy atom. The van der Waals surface area contributed by atoms with Crippen LogP contribution in [-0.4, -0.2) is 48.0 Å². The van der Waals surface area contributed by atoms with E-state index in [0.29, 0.717) is 30.6 Å². The normalized spacial score (nSPS) is 15.8. The number of carbonyl (C=O) groups excluding carboxylic acids is 3. The standard InChI is InChI=1S/C21H27N3O4S/c1-15-6-5-7-16(12-15)19(26)23-17(8-11-29-2)20(27)28-13-18(25)24-21(14-22)9-3-4-10-21/h5-7,12,17H,3-4,8-11,13H2,1-2H3,(H,23,26)(H,24,25)/t17-/m0/s1. The maximum atomic E-state index is 12.5. The summed E-state index contributed by atoms with van der Waals surface area (Å²) in [5.41, 5.74) is 0.541. The summed E-state index contributed by atoms with van der Waals surface area (Å²) in [4.78, 5) is 37.1. The van der Waals surface area contributed by atoms with E-state index in [1.54, 1.807) is 30.0 Å². The van der Waals surface area contributed by atoms with E-state index in [-0.39, 0.29) is 5.91 Å². The third kappa shape index (κ3) is 6.79. The number of benzene rings is 1. The van der Waals surface area contributed by atoms with Crippen molar-refractivity contribution in [3.63, 3.8) is 0 Å². The van der Waals surface area contributed by atoms with Crippen molar-refractivity contribution in [3.8, 4) is 6.07 Å². The van der Waals surface area contributed by atoms with Crippen LogP contribution in [0.2, 0.25) is 0 Å². The molecule has 0 radical (unpaired) electrons. The molecule has 0 saturated heterocycles. The molecule has 156 valence electrons. The Labute approximate surface area is 175 Å². The lowest BCUT2D eigenvalue weighted by atomic mass is 10.00. The molecule has 8 heteroatoms. The number of thioether (sulfide) groups is 1. The van der Waals surface area contributed by atoms with Gasteiger partial charge >= 0.3 is 5.97 Å². The SMILES string of the molecule is CSCC[C@H](NC(=O)c1cccc(C)c1)C(=O)OCC(=O)NC1(C#N)CCCC1. The van der Waals surface area contributed by atoms with E-state index in [2.05, 4.69) is 16.7 Å². The number of amides is 2. The molecule has 0 spiro atoms. The van der Waals surface area contributed by atoms with Crippen LogP contribution in [0, 0.1) is 18.3 Å². The first-order valence-electron chi connectivity index (χ1n) is 9.64. The maximum absolute atomic E-state index is 12.5. The van der Waals surface area contributed by atoms with Crippen molar-refractivity contribution >= 4 is 29.5 Å². The summed E-state index contributed by atoms with van der Waals surface area (Å²) in [5, 5.41) is 14.7. The zero-order valence-corrected chi connectivity index (χ0v) is 17.6. The Balaban J connectivity index is 1.93. The Morgan fingerprint density at radius 2 is 2.03 bits per heavy atom. The quantitative estimate of drug-likeness (QED) is 0.597. The molecular formula is C21H27N3O4S. The minimum atomic E-state index is -0.860. The zero-order chi connectivity index (χ0) is 21.3. The van der Waals surface area contributed by atoms with Gasteiger partial charge < -0.3 is 15.4 Å². The summed E-state index contributed by atoms with van der Waals surface area (Å²) >= 11 is 1.55. The van der Waals surface area contributed by atoms with Crippen LogP contribution in [0.5, 0.6) is 0 Å². The minimum absolute atomic E-state index is 0.365. The van der Waals surface area contributed by atoms with E-state index in [0.717, 1.165) is 18.4 Å². The number of carbonyl (C=O) groups is 3. The van der Waals surface area contributed by atoms with Crippen molar-refractivity contribution in [1.29, 1.82) is 5.26 Å². The van der Waals surface area contributed by atoms with Crippen molar-refractivity contribution in [2.75, 3.05) is 18.6 Å². The fourth-order valence-corrected chi connectivity index (χ4v) is 3.77. The van der Waals surface area contributed by atoms with Crippen molar-refractivity contribution in [3.05, 3.63) is 35.4 Å². The molecule has 0 heterocycles. The van der Waals surface area contributed by atoms with Gasteiger partial charge in [-0.2, -0.15) is 17.0 Å². The lowest BCUT2D eigenvalue weighted by Gasteiger charge is -2.22. The van der Waals surface area contributed by atoms with Crippen LogP contribution in [0.15, 0.2) is 24.3 Å². The second-order valence-electron chi connectivity index (χ2n) is 7.23. The average Bonchev–Trinajstić information content (AvgIpc) is 3.18. The number of nitrogens with one attached hydrogen (secondary N) is 2. The van der Waals surface area contributed by atoms with Crippen molar-refractivity contribution in [2.24, 2.45) is 0 Å². The Bertz CT molecular complexity index is 784. The lowest BCUT2D eigenvalue weighted by molar-refractivity contribution is -0.150. The molecule has 1 aromatic rings. The van der Waals surface area contributed by atoms with Gasteiger partial charge in [-0.05, 0) is 63.2 Å². The highest BCUT2D eigenvalue weighted by Gasteiger charge is 2.35. The van der Waals surface area contributed by atoms with Gasteiger partial charge in [-0.1, -0.05) is 17.7 Å². The predicted octanol–water partition coefficient (Wildman–Crippen LogP) is 2.34. The number of aryl methyl sites for hydroxylation is 1. The van der Waals surface area contributed by atoms with Crippen molar-refractivity contribution < 1.29 is 19.1 Å². The molecule has 0 aliphatic heterocycles. The summed E-state index contributed by atoms with van der Waals surface area (Å²) in [6.07, 6.45) is 5.27. The number of esters is 1. The molecule has 1 aromatic carbocycles. The monoisotopic (exact) mass is 417 g/mol. The van der Waals surface area contributed by atoms with Crippen LogP contribution in [0.3, 0.4) is 0 Å². The van der Waals surface area contributed by atoms with Gasteiger partial charge in [0.15, 0.2) is 6.61 Å². The lowest BCUT2D eigenvalue weighted by Crippen LogP contribution is -2.48. The van der Waals surface area contributed by atoms with Crippen molar-refractivity contribution in [2.45, 2.75) is 50.6 Å². The first-order chi connectivity index (χ1) is 13.9. The summed E-state index contributed by atoms with van der Waals surface area (Å²) in [5.74, 6) is -0.879. The fraction of sp³-hybridized carbons (Fsp3) is 0.524. The molecule has 2 rings (SSSR count). The second kappa shape index (κ2) is 10.9. The molecule has 0 unspecified atom stereocenters. The van der Waals surface area contributed by atoms with Crippen LogP contribution in [0.1, 0.15) is 48.0 Å². The Kier molecular flexibility index (Phi) is 8.52. The molecule has 0 aromatic heterocycles. The van der Waals surface area contributed by atoms with E-state index in [1.807, 2.05) is 19.2 Å². The maximum Gasteiger partial charge on any atom is 0.329 e. The second-order valence-corrected chi connectivity index (χ2v) is 8.22. The fourth-order valence-electron chi connectivity index (χ4n) is 3.30. The van der Waals surface area contributed by atoms with E-state index >= 15 is 0 Å². The van der Waals surface area contributed by atoms with Gasteiger partial charge in [-0.25, -0.2) is 4.79 Å². The minimum Gasteiger partial charge on any atom is -0.454 e. The molecule has 1 aliphatic rings. The summed E-state index contributed by atoms with van der Waals surface area (Å²) in [7, 11) is 0. The third-order valence-electron chi connectivity index (χ3n) is 4.88. The molecular weight excluding hydrogens is 390 g/mol. The first kappa shape index (κ1) is 22.8. The largest absolute Gasteiger partial charge is 0.454 e. The highest BCUT2D eigenvalue weighted by atomic mass is 32.2. The Morgan fingerprint density at radius 3 is 2.66 bits per heavy atom. The van der Waals surface area contributed by atoms with E-state index in [9.17, 15) is 19.6 Å². The zero-order valence-electron chi connectivity index (χ0n) is 16.8. The highest BCUT2D eigenvalue weighted by molar-refractivity contribution is 7.98. The molecule has 1 aliphatic carbocycles. The van der Waals surface area contributed by atoms with E-state index in [4.69, 9.17) is 4.74 Å². The molecule has 0 bridgehead atoms. The third-order valence-corrected chi connectivity index (χ3v) is 5.52. The average molecular weight is 418 g/mol. The molecule has 7 nitrogen and oxygen atoms in total. The number of hydrogen-bond donors (Lipinski definition) is 2. The van der Waals surface area contributed by atoms with Crippen LogP contribution < -0.4 is 10.6 Å². The van der Waals surface area contributed by atoms with Crippen LogP contribution in [0.25, 0.3) is 0 Å². The topological polar surface area (TPSA) is 108 Å². The van der Waals surface area contributed by atoms with Crippen molar-refractivity contribution in [1.82, 2.24) is 10.6 Å². The van der Waals surface area contributed by atoms with Gasteiger partial charge in [0.1, 0.15) is 11.6 Å². The number of nitriles is 1. The molecule has 1 atom stereocenters. The molecule has 29 heavy (non-hydrogen) atoms. The van der Waals surface area contributed by atoms with Crippen LogP contribution in [0.4, 0.5) is 0 Å². The number of rotatable bonds is 9. The first-order valence-corrected chi connectivity index (χ1v) is 11.0. The van der Waals surface area contributed by atoms with Gasteiger partial charge in [0.05, 0.1) is 6.07 Å². The number of hydrogen-bond acceptors (Lipinski definition) is 6. The Hall–Kier alpha value is -2.53. The molecule has 1 saturated carbocycles. The van der Waals surface area contributed by atoms with Gasteiger partial charge in [0.2, 0.25) is 0 Å². The van der Waals surface area contributed by atoms with Gasteiger partial charge in [-0.15, -0.1) is 0 Å². The summed E-state index contributed by atoms with van der Waals surface area (Å²) in [6.45, 7) is 1.41. The van der Waals surface area contributed by atoms with Gasteiger partial charge in [0, 0.05) is 5.56 Å². The van der Waals surface area contributed by atoms with Crippen LogP contribution in [-0.2, 0) is 14.3 Å². The number of nitrogens with zero attached hydrogens (tertiary/aromatic N) is 1. The smallest absolute Gasteiger partial charge is 0.329 e. The van der Waals surface area contributed by atoms with E-state index < -0.39 is 30.1 Å². The van der Waals surface area contributed by atoms with E-state index in [1.165, 1.54) is 0 Å². The predicted molar refractivity (Wildman–Crippen MR) is 111 cm³/mol. The molecule has 2 N–H and O–H groups in total. The van der Waals surface area contributed by atoms with Crippen LogP contribution >= 0.6 is 11.8 Å². The van der Waals surface area contributed by atoms with Gasteiger partial charge in [0.25, 0.3) is 11.8 Å². The summed E-state index contributed by atoms with van der Waals surface area (Å²) < 4.78 is 5.14. The number of ether oxygens (including phenoxy) is 1. The molecule has 2 amide bonds.